The molecule has 0 saturated heterocycles. The fraction of sp³-hybridized carbons (Fsp3) is 0.700. The Bertz CT molecular complexity index is 711. The average molecular weight is 434 g/mol. The molecule has 2 atom stereocenters. The summed E-state index contributed by atoms with van der Waals surface area (Å²) in [6, 6.07) is 0. The first-order chi connectivity index (χ1) is 11.6. The number of halogens is 15. The molecule has 0 bridgehead atoms. The van der Waals surface area contributed by atoms with Crippen molar-refractivity contribution in [2.45, 2.75) is 36.4 Å². The average Bonchev–Trinajstić information content (AvgIpc) is 2.55. The largest absolute Gasteiger partial charge is 0.432 e. The molecule has 0 unspecified atom stereocenters. The van der Waals surface area contributed by atoms with Crippen LogP contribution in [0, 0.1) is 5.41 Å². The molecule has 0 spiro atoms. The summed E-state index contributed by atoms with van der Waals surface area (Å²) in [5.41, 5.74) is -23.7. The lowest BCUT2D eigenvalue weighted by Gasteiger charge is -2.57. The molecular formula is C10HF15N2. The van der Waals surface area contributed by atoms with Crippen molar-refractivity contribution < 1.29 is 65.9 Å². The lowest BCUT2D eigenvalue weighted by molar-refractivity contribution is -0.311. The molecule has 0 amide bonds. The quantitative estimate of drug-likeness (QED) is 0.431. The van der Waals surface area contributed by atoms with Crippen LogP contribution in [0.4, 0.5) is 65.9 Å². The van der Waals surface area contributed by atoms with E-state index in [-0.39, 0.29) is 5.43 Å². The highest BCUT2D eigenvalue weighted by Crippen LogP contribution is 2.75. The van der Waals surface area contributed by atoms with Gasteiger partial charge in [-0.3, -0.25) is 5.43 Å². The Morgan fingerprint density at radius 1 is 0.556 bits per heavy atom. The van der Waals surface area contributed by atoms with Crippen LogP contribution in [0.5, 0.6) is 0 Å². The highest BCUT2D eigenvalue weighted by molar-refractivity contribution is 6.05. The number of hydrogen-bond donors (Lipinski definition) is 1. The minimum absolute atomic E-state index is 0.0173. The van der Waals surface area contributed by atoms with Crippen LogP contribution < -0.4 is 5.43 Å². The van der Waals surface area contributed by atoms with Crippen molar-refractivity contribution in [3.05, 3.63) is 11.1 Å². The zero-order valence-corrected chi connectivity index (χ0v) is 11.6. The fourth-order valence-electron chi connectivity index (χ4n) is 3.24. The van der Waals surface area contributed by atoms with Crippen LogP contribution in [-0.4, -0.2) is 42.1 Å². The van der Waals surface area contributed by atoms with Crippen molar-refractivity contribution in [3.63, 3.8) is 0 Å². The monoisotopic (exact) mass is 434 g/mol. The molecular weight excluding hydrogens is 433 g/mol. The van der Waals surface area contributed by atoms with Crippen molar-refractivity contribution in [2.24, 2.45) is 10.5 Å². The van der Waals surface area contributed by atoms with Crippen LogP contribution in [0.2, 0.25) is 0 Å². The molecule has 1 aliphatic heterocycles. The molecule has 1 N–H and O–H groups in total. The molecule has 2 rings (SSSR count). The summed E-state index contributed by atoms with van der Waals surface area (Å²) in [5, 5.41) is 1.60. The molecule has 2 nitrogen and oxygen atoms in total. The number of nitrogens with zero attached hydrogens (tertiary/aromatic N) is 1. The molecule has 156 valence electrons. The van der Waals surface area contributed by atoms with Crippen LogP contribution in [0.1, 0.15) is 0 Å². The summed E-state index contributed by atoms with van der Waals surface area (Å²) < 4.78 is 196. The first kappa shape index (κ1) is 21.5. The predicted octanol–water partition coefficient (Wildman–Crippen LogP) is 4.79. The van der Waals surface area contributed by atoms with E-state index in [1.165, 1.54) is 0 Å². The van der Waals surface area contributed by atoms with Gasteiger partial charge in [-0.1, -0.05) is 0 Å². The van der Waals surface area contributed by atoms with Gasteiger partial charge in [-0.25, -0.2) is 0 Å². The van der Waals surface area contributed by atoms with E-state index in [1.54, 1.807) is 5.10 Å². The Morgan fingerprint density at radius 2 is 0.963 bits per heavy atom. The van der Waals surface area contributed by atoms with Gasteiger partial charge < -0.3 is 0 Å². The van der Waals surface area contributed by atoms with Gasteiger partial charge >= 0.3 is 30.9 Å². The zero-order valence-electron chi connectivity index (χ0n) is 11.6. The van der Waals surface area contributed by atoms with Crippen molar-refractivity contribution in [1.82, 2.24) is 5.43 Å². The van der Waals surface area contributed by atoms with Gasteiger partial charge in [-0.15, -0.1) is 0 Å². The van der Waals surface area contributed by atoms with Gasteiger partial charge in [0.25, 0.3) is 0 Å². The number of hydrogen-bond acceptors (Lipinski definition) is 2. The van der Waals surface area contributed by atoms with Crippen LogP contribution in [0.15, 0.2) is 16.2 Å². The molecule has 0 fully saturated rings. The minimum Gasteiger partial charge on any atom is -0.288 e. The first-order valence-corrected chi connectivity index (χ1v) is 6.03. The van der Waals surface area contributed by atoms with E-state index in [0.29, 0.717) is 0 Å². The Labute approximate surface area is 136 Å². The third-order valence-corrected chi connectivity index (χ3v) is 3.94. The van der Waals surface area contributed by atoms with Gasteiger partial charge in [0.05, 0.1) is 11.1 Å². The number of fused-ring (bicyclic) bond motifs is 1. The molecule has 0 aromatic rings. The van der Waals surface area contributed by atoms with Gasteiger partial charge in [0.1, 0.15) is 0 Å². The molecule has 1 heterocycles. The van der Waals surface area contributed by atoms with Crippen molar-refractivity contribution in [2.75, 3.05) is 0 Å². The lowest BCUT2D eigenvalue weighted by Crippen LogP contribution is -2.81. The second-order valence-corrected chi connectivity index (χ2v) is 5.31. The fourth-order valence-corrected chi connectivity index (χ4v) is 3.24. The second kappa shape index (κ2) is 4.95. The minimum atomic E-state index is -7.11. The summed E-state index contributed by atoms with van der Waals surface area (Å²) in [5.74, 6) is 0. The van der Waals surface area contributed by atoms with E-state index in [9.17, 15) is 65.9 Å². The Balaban J connectivity index is 3.14. The molecule has 0 aromatic heterocycles. The molecule has 0 aromatic carbocycles. The molecule has 0 saturated carbocycles. The number of nitrogens with one attached hydrogen (secondary N) is 1. The maximum absolute atomic E-state index is 13.3. The predicted molar refractivity (Wildman–Crippen MR) is 53.0 cm³/mol. The van der Waals surface area contributed by atoms with E-state index in [0.717, 1.165) is 0 Å². The molecule has 27 heavy (non-hydrogen) atoms. The standard InChI is InChI=1S/C10HF15N2/c11-6(12,13)1-2(7(14,15)16)5(10(23,24)25)4(1,9(20,21)22)3(26-27-5)8(17,18)19/h27H/t4-,5+/m0/s1. The third kappa shape index (κ3) is 2.34. The van der Waals surface area contributed by atoms with Crippen LogP contribution in [0.3, 0.4) is 0 Å². The zero-order chi connectivity index (χ0) is 21.6. The Kier molecular flexibility index (Phi) is 3.94. The normalized spacial score (nSPS) is 30.0. The summed E-state index contributed by atoms with van der Waals surface area (Å²) >= 11 is 0. The van der Waals surface area contributed by atoms with E-state index in [4.69, 9.17) is 0 Å². The number of hydrazone groups is 1. The van der Waals surface area contributed by atoms with E-state index >= 15 is 0 Å². The van der Waals surface area contributed by atoms with Gasteiger partial charge in [-0.2, -0.15) is 71.0 Å². The lowest BCUT2D eigenvalue weighted by atomic mass is 9.48. The summed E-state index contributed by atoms with van der Waals surface area (Å²) in [6.07, 6.45) is -34.2. The smallest absolute Gasteiger partial charge is 0.288 e. The number of rotatable bonds is 0. The Morgan fingerprint density at radius 3 is 1.22 bits per heavy atom. The van der Waals surface area contributed by atoms with Crippen molar-refractivity contribution >= 4 is 5.71 Å². The van der Waals surface area contributed by atoms with E-state index in [1.807, 2.05) is 0 Å². The molecule has 2 aliphatic rings. The Hall–Kier alpha value is -1.84. The molecule has 1 aliphatic carbocycles. The maximum Gasteiger partial charge on any atom is 0.432 e. The van der Waals surface area contributed by atoms with Crippen molar-refractivity contribution in [3.8, 4) is 0 Å². The van der Waals surface area contributed by atoms with E-state index in [2.05, 4.69) is 0 Å². The molecule has 17 heteroatoms. The SMILES string of the molecule is FC(F)(F)C1=NN[C@]2(C(F)(F)F)C(C(F)(F)F)=C(C(F)(F)F)[C@]12C(F)(F)F. The summed E-state index contributed by atoms with van der Waals surface area (Å²) in [4.78, 5) is 0. The van der Waals surface area contributed by atoms with Gasteiger partial charge in [0.15, 0.2) is 11.1 Å². The highest BCUT2D eigenvalue weighted by Gasteiger charge is 2.96. The van der Waals surface area contributed by atoms with E-state index < -0.39 is 58.7 Å². The summed E-state index contributed by atoms with van der Waals surface area (Å²) in [6.45, 7) is 0. The van der Waals surface area contributed by atoms with Crippen molar-refractivity contribution in [1.29, 1.82) is 0 Å². The van der Waals surface area contributed by atoms with Crippen LogP contribution in [-0.2, 0) is 0 Å². The van der Waals surface area contributed by atoms with Crippen LogP contribution in [0.25, 0.3) is 0 Å². The summed E-state index contributed by atoms with van der Waals surface area (Å²) in [7, 11) is 0. The topological polar surface area (TPSA) is 24.4 Å². The third-order valence-electron chi connectivity index (χ3n) is 3.94. The molecule has 0 radical (unpaired) electrons. The van der Waals surface area contributed by atoms with Gasteiger partial charge in [-0.05, 0) is 0 Å². The van der Waals surface area contributed by atoms with Crippen LogP contribution >= 0.6 is 0 Å². The maximum atomic E-state index is 13.3. The second-order valence-electron chi connectivity index (χ2n) is 5.31. The van der Waals surface area contributed by atoms with Gasteiger partial charge in [0, 0.05) is 0 Å². The highest BCUT2D eigenvalue weighted by atomic mass is 19.4. The number of alkyl halides is 15. The van der Waals surface area contributed by atoms with Gasteiger partial charge in [0.2, 0.25) is 5.54 Å². The first-order valence-electron chi connectivity index (χ1n) is 6.03.